The lowest BCUT2D eigenvalue weighted by Gasteiger charge is -2.34. The molecule has 1 aromatic heterocycles. The standard InChI is InChI=1S/C15H16ClF4N3O2/c1-9(7-25-15(19,20)13(17)18)14(24,6-12-21-8-22-23-12)10-2-4-11(16)5-3-10/h2-5,8-9,13,24H,6-7H2,1H3,(H,21,22,23). The number of H-pyrrole nitrogens is 1. The molecule has 5 nitrogen and oxygen atoms in total. The van der Waals surface area contributed by atoms with Crippen molar-refractivity contribution in [2.45, 2.75) is 31.5 Å². The zero-order valence-corrected chi connectivity index (χ0v) is 13.9. The predicted molar refractivity (Wildman–Crippen MR) is 81.5 cm³/mol. The fourth-order valence-electron chi connectivity index (χ4n) is 2.30. The van der Waals surface area contributed by atoms with Crippen molar-refractivity contribution in [3.05, 3.63) is 47.0 Å². The Balaban J connectivity index is 2.25. The van der Waals surface area contributed by atoms with Gasteiger partial charge < -0.3 is 9.84 Å². The summed E-state index contributed by atoms with van der Waals surface area (Å²) in [4.78, 5) is 3.90. The van der Waals surface area contributed by atoms with Crippen molar-refractivity contribution in [3.63, 3.8) is 0 Å². The fraction of sp³-hybridized carbons (Fsp3) is 0.467. The first-order valence-electron chi connectivity index (χ1n) is 7.28. The molecule has 1 heterocycles. The van der Waals surface area contributed by atoms with Crippen LogP contribution in [0, 0.1) is 5.92 Å². The normalized spacial score (nSPS) is 16.0. The van der Waals surface area contributed by atoms with Crippen molar-refractivity contribution in [1.82, 2.24) is 15.2 Å². The maximum Gasteiger partial charge on any atom is 0.416 e. The minimum absolute atomic E-state index is 0.136. The van der Waals surface area contributed by atoms with E-state index in [0.29, 0.717) is 10.6 Å². The zero-order chi connectivity index (χ0) is 18.7. The van der Waals surface area contributed by atoms with Crippen molar-refractivity contribution in [3.8, 4) is 0 Å². The van der Waals surface area contributed by atoms with Crippen LogP contribution >= 0.6 is 11.6 Å². The third-order valence-electron chi connectivity index (χ3n) is 3.83. The van der Waals surface area contributed by atoms with Gasteiger partial charge in [0.2, 0.25) is 0 Å². The molecule has 0 fully saturated rings. The number of hydrogen-bond acceptors (Lipinski definition) is 4. The van der Waals surface area contributed by atoms with Crippen LogP contribution in [0.1, 0.15) is 18.3 Å². The second-order valence-electron chi connectivity index (χ2n) is 5.60. The number of aliphatic hydroxyl groups is 1. The van der Waals surface area contributed by atoms with Crippen molar-refractivity contribution in [2.75, 3.05) is 6.61 Å². The second-order valence-corrected chi connectivity index (χ2v) is 6.03. The Hall–Kier alpha value is -1.71. The van der Waals surface area contributed by atoms with Crippen LogP contribution in [0.25, 0.3) is 0 Å². The van der Waals surface area contributed by atoms with Crippen LogP contribution in [0.15, 0.2) is 30.6 Å². The molecule has 2 atom stereocenters. The van der Waals surface area contributed by atoms with Gasteiger partial charge in [-0.3, -0.25) is 5.10 Å². The quantitative estimate of drug-likeness (QED) is 0.687. The maximum atomic E-state index is 13.0. The van der Waals surface area contributed by atoms with Gasteiger partial charge in [0.25, 0.3) is 0 Å². The molecule has 0 aliphatic heterocycles. The molecule has 0 bridgehead atoms. The highest BCUT2D eigenvalue weighted by atomic mass is 35.5. The van der Waals surface area contributed by atoms with E-state index in [4.69, 9.17) is 11.6 Å². The Morgan fingerprint density at radius 3 is 2.44 bits per heavy atom. The van der Waals surface area contributed by atoms with Gasteiger partial charge >= 0.3 is 12.5 Å². The number of halogens is 5. The number of alkyl halides is 4. The van der Waals surface area contributed by atoms with E-state index in [1.165, 1.54) is 37.5 Å². The monoisotopic (exact) mass is 381 g/mol. The molecule has 2 N–H and O–H groups in total. The average molecular weight is 382 g/mol. The lowest BCUT2D eigenvalue weighted by Crippen LogP contribution is -2.41. The van der Waals surface area contributed by atoms with Crippen LogP contribution in [0.2, 0.25) is 5.02 Å². The van der Waals surface area contributed by atoms with E-state index < -0.39 is 30.7 Å². The third kappa shape index (κ3) is 4.68. The van der Waals surface area contributed by atoms with Crippen molar-refractivity contribution in [2.24, 2.45) is 5.92 Å². The molecule has 0 aliphatic carbocycles. The summed E-state index contributed by atoms with van der Waals surface area (Å²) in [6.07, 6.45) is -7.40. The molecule has 0 saturated heterocycles. The van der Waals surface area contributed by atoms with Crippen LogP contribution in [0.4, 0.5) is 17.6 Å². The second kappa shape index (κ2) is 7.67. The molecule has 25 heavy (non-hydrogen) atoms. The van der Waals surface area contributed by atoms with Crippen molar-refractivity contribution in [1.29, 1.82) is 0 Å². The minimum Gasteiger partial charge on any atom is -0.384 e. The Kier molecular flexibility index (Phi) is 6.02. The number of benzene rings is 1. The SMILES string of the molecule is CC(COC(F)(F)C(F)F)C(O)(Cc1nc[nH]n1)c1ccc(Cl)cc1. The van der Waals surface area contributed by atoms with E-state index in [-0.39, 0.29) is 12.2 Å². The Morgan fingerprint density at radius 1 is 1.28 bits per heavy atom. The summed E-state index contributed by atoms with van der Waals surface area (Å²) >= 11 is 5.82. The summed E-state index contributed by atoms with van der Waals surface area (Å²) in [5, 5.41) is 17.8. The minimum atomic E-state index is -4.60. The molecule has 0 spiro atoms. The smallest absolute Gasteiger partial charge is 0.384 e. The number of nitrogens with one attached hydrogen (secondary N) is 1. The molecule has 138 valence electrons. The topological polar surface area (TPSA) is 71.0 Å². The molecule has 0 saturated carbocycles. The molecule has 2 unspecified atom stereocenters. The highest BCUT2D eigenvalue weighted by Crippen LogP contribution is 2.35. The molecule has 2 aromatic rings. The summed E-state index contributed by atoms with van der Waals surface area (Å²) in [6.45, 7) is 0.601. The fourth-order valence-corrected chi connectivity index (χ4v) is 2.42. The largest absolute Gasteiger partial charge is 0.416 e. The maximum absolute atomic E-state index is 13.0. The summed E-state index contributed by atoms with van der Waals surface area (Å²) in [5.41, 5.74) is -1.39. The Labute approximate surface area is 146 Å². The van der Waals surface area contributed by atoms with Gasteiger partial charge in [0.15, 0.2) is 5.82 Å². The lowest BCUT2D eigenvalue weighted by molar-refractivity contribution is -0.308. The van der Waals surface area contributed by atoms with Crippen LogP contribution in [-0.4, -0.2) is 39.4 Å². The first-order chi connectivity index (χ1) is 11.6. The molecule has 10 heteroatoms. The number of aromatic nitrogens is 3. The molecule has 1 aromatic carbocycles. The van der Waals surface area contributed by atoms with Gasteiger partial charge in [-0.25, -0.2) is 13.8 Å². The van der Waals surface area contributed by atoms with Gasteiger partial charge in [-0.1, -0.05) is 30.7 Å². The highest BCUT2D eigenvalue weighted by Gasteiger charge is 2.45. The van der Waals surface area contributed by atoms with E-state index >= 15 is 0 Å². The van der Waals surface area contributed by atoms with Crippen molar-refractivity contribution >= 4 is 11.6 Å². The predicted octanol–water partition coefficient (Wildman–Crippen LogP) is 3.40. The van der Waals surface area contributed by atoms with Gasteiger partial charge in [0.1, 0.15) is 11.9 Å². The van der Waals surface area contributed by atoms with Crippen LogP contribution in [-0.2, 0) is 16.8 Å². The number of ether oxygens (including phenoxy) is 1. The average Bonchev–Trinajstić information content (AvgIpc) is 3.05. The van der Waals surface area contributed by atoms with E-state index in [2.05, 4.69) is 19.9 Å². The van der Waals surface area contributed by atoms with Gasteiger partial charge in [0, 0.05) is 17.4 Å². The molecular formula is C15H16ClF4N3O2. The molecular weight excluding hydrogens is 366 g/mol. The molecule has 2 rings (SSSR count). The van der Waals surface area contributed by atoms with Crippen LogP contribution in [0.3, 0.4) is 0 Å². The first-order valence-corrected chi connectivity index (χ1v) is 7.66. The number of hydrogen-bond donors (Lipinski definition) is 2. The molecule has 0 amide bonds. The number of aromatic amines is 1. The van der Waals surface area contributed by atoms with Crippen LogP contribution in [0.5, 0.6) is 0 Å². The summed E-state index contributed by atoms with van der Waals surface area (Å²) < 4.78 is 54.6. The zero-order valence-electron chi connectivity index (χ0n) is 13.1. The number of rotatable bonds is 8. The number of nitrogens with zero attached hydrogens (tertiary/aromatic N) is 2. The summed E-state index contributed by atoms with van der Waals surface area (Å²) in [5.74, 6) is -0.748. The van der Waals surface area contributed by atoms with E-state index in [0.717, 1.165) is 0 Å². The lowest BCUT2D eigenvalue weighted by atomic mass is 9.80. The van der Waals surface area contributed by atoms with E-state index in [9.17, 15) is 22.7 Å². The van der Waals surface area contributed by atoms with Gasteiger partial charge in [-0.15, -0.1) is 0 Å². The molecule has 0 radical (unpaired) electrons. The summed E-state index contributed by atoms with van der Waals surface area (Å²) in [6, 6.07) is 6.05. The van der Waals surface area contributed by atoms with Crippen LogP contribution < -0.4 is 0 Å². The Morgan fingerprint density at radius 2 is 1.92 bits per heavy atom. The molecule has 0 aliphatic rings. The third-order valence-corrected chi connectivity index (χ3v) is 4.08. The van der Waals surface area contributed by atoms with Gasteiger partial charge in [-0.05, 0) is 17.7 Å². The summed E-state index contributed by atoms with van der Waals surface area (Å²) in [7, 11) is 0. The van der Waals surface area contributed by atoms with Gasteiger partial charge in [-0.2, -0.15) is 13.9 Å². The Bertz CT molecular complexity index is 670. The highest BCUT2D eigenvalue weighted by molar-refractivity contribution is 6.30. The van der Waals surface area contributed by atoms with E-state index in [1.807, 2.05) is 0 Å². The van der Waals surface area contributed by atoms with Crippen molar-refractivity contribution < 1.29 is 27.4 Å². The van der Waals surface area contributed by atoms with Gasteiger partial charge in [0.05, 0.1) is 6.61 Å². The van der Waals surface area contributed by atoms with E-state index in [1.54, 1.807) is 0 Å². The first kappa shape index (κ1) is 19.6.